The predicted molar refractivity (Wildman–Crippen MR) is 90.0 cm³/mol. The highest BCUT2D eigenvalue weighted by Gasteiger charge is 2.26. The molecule has 0 saturated carbocycles. The smallest absolute Gasteiger partial charge is 0.123 e. The van der Waals surface area contributed by atoms with E-state index in [-0.39, 0.29) is 43.0 Å². The Morgan fingerprint density at radius 1 is 1.29 bits per heavy atom. The van der Waals surface area contributed by atoms with Crippen LogP contribution in [0.15, 0.2) is 12.1 Å². The van der Waals surface area contributed by atoms with Gasteiger partial charge in [-0.1, -0.05) is 23.2 Å². The number of phenols is 1. The van der Waals surface area contributed by atoms with Crippen molar-refractivity contribution in [3.63, 3.8) is 0 Å². The lowest BCUT2D eigenvalue weighted by Gasteiger charge is -2.34. The van der Waals surface area contributed by atoms with Gasteiger partial charge in [-0.3, -0.25) is 4.90 Å². The van der Waals surface area contributed by atoms with Gasteiger partial charge in [-0.25, -0.2) is 0 Å². The monoisotopic (exact) mass is 371 g/mol. The number of hydrogen-bond donors (Lipinski definition) is 2. The normalized spacial score (nSPS) is 16.2. The number of nitrogens with one attached hydrogen (secondary N) is 1. The van der Waals surface area contributed by atoms with Crippen molar-refractivity contribution in [1.29, 1.82) is 5.26 Å². The van der Waals surface area contributed by atoms with Crippen molar-refractivity contribution in [2.24, 2.45) is 0 Å². The van der Waals surface area contributed by atoms with Gasteiger partial charge in [0.25, 0.3) is 0 Å². The average molecular weight is 373 g/mol. The third-order valence-corrected chi connectivity index (χ3v) is 3.81. The minimum atomic E-state index is -0.197. The minimum Gasteiger partial charge on any atom is -0.507 e. The van der Waals surface area contributed by atoms with Crippen LogP contribution in [0.25, 0.3) is 0 Å². The van der Waals surface area contributed by atoms with Gasteiger partial charge < -0.3 is 10.4 Å². The zero-order valence-corrected chi connectivity index (χ0v) is 14.3. The number of nitriles is 1. The summed E-state index contributed by atoms with van der Waals surface area (Å²) in [6, 6.07) is 5.04. The number of benzene rings is 1. The highest BCUT2D eigenvalue weighted by molar-refractivity contribution is 6.35. The van der Waals surface area contributed by atoms with Gasteiger partial charge in [0.15, 0.2) is 0 Å². The van der Waals surface area contributed by atoms with Crippen LogP contribution in [0, 0.1) is 11.3 Å². The van der Waals surface area contributed by atoms with Gasteiger partial charge in [0.2, 0.25) is 0 Å². The summed E-state index contributed by atoms with van der Waals surface area (Å²) in [5.74, 6) is 0.0521. The molecule has 1 aromatic carbocycles. The van der Waals surface area contributed by atoms with Crippen LogP contribution in [0.3, 0.4) is 0 Å². The van der Waals surface area contributed by atoms with E-state index >= 15 is 0 Å². The van der Waals surface area contributed by atoms with Crippen LogP contribution in [0.4, 0.5) is 0 Å². The molecule has 0 unspecified atom stereocenters. The Kier molecular flexibility index (Phi) is 9.39. The second kappa shape index (κ2) is 9.58. The maximum Gasteiger partial charge on any atom is 0.123 e. The molecule has 21 heavy (non-hydrogen) atoms. The Morgan fingerprint density at radius 3 is 2.43 bits per heavy atom. The first-order chi connectivity index (χ1) is 9.13. The van der Waals surface area contributed by atoms with Crippen LogP contribution in [0.5, 0.6) is 5.75 Å². The van der Waals surface area contributed by atoms with Gasteiger partial charge in [0.1, 0.15) is 5.75 Å². The van der Waals surface area contributed by atoms with Crippen LogP contribution in [-0.4, -0.2) is 36.2 Å². The Morgan fingerprint density at radius 2 is 1.90 bits per heavy atom. The highest BCUT2D eigenvalue weighted by atomic mass is 35.5. The molecule has 2 rings (SSSR count). The molecule has 0 amide bonds. The first kappa shape index (κ1) is 20.6. The molecule has 1 fully saturated rings. The summed E-state index contributed by atoms with van der Waals surface area (Å²) in [6.45, 7) is 3.39. The fraction of sp³-hybridized carbons (Fsp3) is 0.462. The summed E-state index contributed by atoms with van der Waals surface area (Å²) < 4.78 is 0. The van der Waals surface area contributed by atoms with Gasteiger partial charge in [-0.2, -0.15) is 5.26 Å². The topological polar surface area (TPSA) is 59.3 Å². The van der Waals surface area contributed by atoms with E-state index in [2.05, 4.69) is 16.3 Å². The van der Waals surface area contributed by atoms with E-state index < -0.39 is 0 Å². The van der Waals surface area contributed by atoms with E-state index in [0.717, 1.165) is 26.2 Å². The average Bonchev–Trinajstić information content (AvgIpc) is 2.37. The Bertz CT molecular complexity index is 478. The van der Waals surface area contributed by atoms with Crippen molar-refractivity contribution in [3.8, 4) is 11.8 Å². The van der Waals surface area contributed by atoms with Gasteiger partial charge >= 0.3 is 0 Å². The van der Waals surface area contributed by atoms with Crippen molar-refractivity contribution in [1.82, 2.24) is 10.2 Å². The lowest BCUT2D eigenvalue weighted by Crippen LogP contribution is -2.45. The first-order valence-corrected chi connectivity index (χ1v) is 6.88. The van der Waals surface area contributed by atoms with Gasteiger partial charge in [0, 0.05) is 36.8 Å². The maximum atomic E-state index is 10.1. The molecule has 0 bridgehead atoms. The first-order valence-electron chi connectivity index (χ1n) is 6.13. The molecular formula is C13H17Cl4N3O. The summed E-state index contributed by atoms with van der Waals surface area (Å²) in [6.07, 6.45) is 0.287. The molecule has 1 saturated heterocycles. The Labute approximate surface area is 146 Å². The van der Waals surface area contributed by atoms with E-state index in [0.29, 0.717) is 15.6 Å². The van der Waals surface area contributed by atoms with Crippen molar-refractivity contribution in [3.05, 3.63) is 27.7 Å². The number of phenolic OH excluding ortho intramolecular Hbond substituents is 1. The fourth-order valence-corrected chi connectivity index (χ4v) is 3.00. The highest BCUT2D eigenvalue weighted by Crippen LogP contribution is 2.38. The molecule has 0 radical (unpaired) electrons. The lowest BCUT2D eigenvalue weighted by atomic mass is 10.0. The molecular weight excluding hydrogens is 356 g/mol. The number of nitrogens with zero attached hydrogens (tertiary/aromatic N) is 2. The van der Waals surface area contributed by atoms with Gasteiger partial charge in [-0.15, -0.1) is 24.8 Å². The number of aromatic hydroxyl groups is 1. The standard InChI is InChI=1S/C13H15Cl2N3O.2ClH/c14-9-7-10(15)13(12(19)8-9)11(1-2-16)18-5-3-17-4-6-18;;/h7-8,11,17,19H,1,3-6H2;2*1H/t11-;;/m1../s1. The second-order valence-electron chi connectivity index (χ2n) is 4.48. The van der Waals surface area contributed by atoms with E-state index in [1.807, 2.05) is 0 Å². The number of rotatable bonds is 3. The molecule has 1 aromatic rings. The number of piperazine rings is 1. The fourth-order valence-electron chi connectivity index (χ4n) is 2.40. The third-order valence-electron chi connectivity index (χ3n) is 3.28. The van der Waals surface area contributed by atoms with Crippen molar-refractivity contribution >= 4 is 48.0 Å². The third kappa shape index (κ3) is 5.07. The zero-order chi connectivity index (χ0) is 13.8. The lowest BCUT2D eigenvalue weighted by molar-refractivity contribution is 0.173. The summed E-state index contributed by atoms with van der Waals surface area (Å²) in [4.78, 5) is 2.16. The van der Waals surface area contributed by atoms with Crippen LogP contribution in [0.1, 0.15) is 18.0 Å². The zero-order valence-electron chi connectivity index (χ0n) is 11.2. The molecule has 8 heteroatoms. The molecule has 0 spiro atoms. The van der Waals surface area contributed by atoms with Crippen LogP contribution < -0.4 is 5.32 Å². The maximum absolute atomic E-state index is 10.1. The molecule has 0 aromatic heterocycles. The van der Waals surface area contributed by atoms with Gasteiger partial charge in [-0.05, 0) is 12.1 Å². The van der Waals surface area contributed by atoms with Gasteiger partial charge in [0.05, 0.1) is 23.6 Å². The van der Waals surface area contributed by atoms with Crippen molar-refractivity contribution in [2.45, 2.75) is 12.5 Å². The number of hydrogen-bond acceptors (Lipinski definition) is 4. The SMILES string of the molecule is Cl.Cl.N#CC[C@H](c1c(O)cc(Cl)cc1Cl)N1CCNCC1. The summed E-state index contributed by atoms with van der Waals surface area (Å²) in [5, 5.41) is 23.2. The molecule has 0 aliphatic carbocycles. The molecule has 1 atom stereocenters. The summed E-state index contributed by atoms with van der Waals surface area (Å²) >= 11 is 12.0. The summed E-state index contributed by atoms with van der Waals surface area (Å²) in [5.41, 5.74) is 0.592. The molecule has 1 aliphatic rings. The van der Waals surface area contributed by atoms with Crippen molar-refractivity contribution < 1.29 is 5.11 Å². The molecule has 4 nitrogen and oxygen atoms in total. The molecule has 2 N–H and O–H groups in total. The van der Waals surface area contributed by atoms with E-state index in [9.17, 15) is 5.11 Å². The van der Waals surface area contributed by atoms with E-state index in [4.69, 9.17) is 28.5 Å². The quantitative estimate of drug-likeness (QED) is 0.853. The largest absolute Gasteiger partial charge is 0.507 e. The Hall–Kier alpha value is -0.410. The molecule has 1 aliphatic heterocycles. The van der Waals surface area contributed by atoms with Crippen molar-refractivity contribution in [2.75, 3.05) is 26.2 Å². The Balaban J connectivity index is 0.00000200. The summed E-state index contributed by atoms with van der Waals surface area (Å²) in [7, 11) is 0. The molecule has 118 valence electrons. The van der Waals surface area contributed by atoms with Crippen LogP contribution in [-0.2, 0) is 0 Å². The predicted octanol–water partition coefficient (Wildman–Crippen LogP) is 3.40. The van der Waals surface area contributed by atoms with Crippen LogP contribution >= 0.6 is 48.0 Å². The van der Waals surface area contributed by atoms with Crippen LogP contribution in [0.2, 0.25) is 10.0 Å². The number of halogens is 4. The van der Waals surface area contributed by atoms with E-state index in [1.54, 1.807) is 6.07 Å². The van der Waals surface area contributed by atoms with E-state index in [1.165, 1.54) is 6.07 Å². The molecule has 1 heterocycles. The minimum absolute atomic E-state index is 0. The second-order valence-corrected chi connectivity index (χ2v) is 5.33.